The first-order chi connectivity index (χ1) is 15.4. The van der Waals surface area contributed by atoms with Crippen LogP contribution >= 0.6 is 0 Å². The van der Waals surface area contributed by atoms with Crippen molar-refractivity contribution in [2.24, 2.45) is 5.92 Å². The van der Waals surface area contributed by atoms with Gasteiger partial charge in [-0.3, -0.25) is 0 Å². The molecule has 4 aromatic heterocycles. The molecule has 0 radical (unpaired) electrons. The summed E-state index contributed by atoms with van der Waals surface area (Å²) in [6.45, 7) is 5.62. The highest BCUT2D eigenvalue weighted by Crippen LogP contribution is 2.27. The maximum Gasteiger partial charge on any atom is 0.256 e. The lowest BCUT2D eigenvalue weighted by Gasteiger charge is -2.35. The van der Waals surface area contributed by atoms with Crippen molar-refractivity contribution in [1.29, 1.82) is 0 Å². The second-order valence-electron chi connectivity index (χ2n) is 8.62. The third kappa shape index (κ3) is 3.79. The van der Waals surface area contributed by atoms with Crippen LogP contribution in [0.25, 0.3) is 27.9 Å². The van der Waals surface area contributed by atoms with Crippen LogP contribution in [0.4, 0.5) is 14.7 Å². The molecular formula is C22H26F2N8. The summed E-state index contributed by atoms with van der Waals surface area (Å²) in [6.07, 6.45) is 2.21. The first-order valence-corrected chi connectivity index (χ1v) is 10.8. The van der Waals surface area contributed by atoms with Gasteiger partial charge in [-0.05, 0) is 51.1 Å². The Labute approximate surface area is 184 Å². The zero-order valence-electron chi connectivity index (χ0n) is 18.3. The molecule has 2 atom stereocenters. The summed E-state index contributed by atoms with van der Waals surface area (Å²) >= 11 is 0. The predicted octanol–water partition coefficient (Wildman–Crippen LogP) is 3.47. The lowest BCUT2D eigenvalue weighted by Crippen LogP contribution is -2.43. The molecule has 0 amide bonds. The summed E-state index contributed by atoms with van der Waals surface area (Å²) in [6, 6.07) is 5.92. The summed E-state index contributed by atoms with van der Waals surface area (Å²) in [5.74, 6) is 1.62. The Kier molecular flexibility index (Phi) is 5.24. The van der Waals surface area contributed by atoms with Crippen LogP contribution in [0.2, 0.25) is 0 Å². The van der Waals surface area contributed by atoms with Crippen molar-refractivity contribution >= 4 is 22.6 Å². The fourth-order valence-corrected chi connectivity index (χ4v) is 4.54. The highest BCUT2D eigenvalue weighted by Gasteiger charge is 2.25. The molecule has 1 fully saturated rings. The van der Waals surface area contributed by atoms with E-state index in [1.165, 1.54) is 4.57 Å². The van der Waals surface area contributed by atoms with Crippen LogP contribution < -0.4 is 5.32 Å². The van der Waals surface area contributed by atoms with Gasteiger partial charge in [0, 0.05) is 24.3 Å². The minimum Gasteiger partial charge on any atom is -0.350 e. The van der Waals surface area contributed by atoms with Gasteiger partial charge >= 0.3 is 0 Å². The van der Waals surface area contributed by atoms with Gasteiger partial charge in [0.05, 0.1) is 24.0 Å². The van der Waals surface area contributed by atoms with Gasteiger partial charge in [-0.2, -0.15) is 0 Å². The normalized spacial score (nSPS) is 19.9. The Bertz CT molecular complexity index is 1260. The number of fused-ring (bicyclic) bond motifs is 2. The van der Waals surface area contributed by atoms with Gasteiger partial charge in [0.15, 0.2) is 5.65 Å². The van der Waals surface area contributed by atoms with E-state index in [4.69, 9.17) is 0 Å². The quantitative estimate of drug-likeness (QED) is 0.512. The van der Waals surface area contributed by atoms with Gasteiger partial charge in [-0.15, -0.1) is 5.10 Å². The number of aryl methyl sites for hydroxylation is 1. The Morgan fingerprint density at radius 3 is 2.84 bits per heavy atom. The fourth-order valence-electron chi connectivity index (χ4n) is 4.54. The molecule has 0 aliphatic carbocycles. The molecule has 0 bridgehead atoms. The number of nitrogens with one attached hydrogen (secondary N) is 1. The standard InChI is InChI=1S/C22H26F2N8/c1-13-11-30(3)8-7-16(13)28-22-25-10-19-15(6-9-32(19)29-22)17-4-5-18-21(27-17)31(12-20(23)24)14(2)26-18/h4-6,9-10,13,16,20H,7-8,11-12H2,1-3H3,(H,28,29)/t13-,16?/m0/s1. The second kappa shape index (κ2) is 8.09. The van der Waals surface area contributed by atoms with Gasteiger partial charge in [0.25, 0.3) is 6.43 Å². The van der Waals surface area contributed by atoms with Gasteiger partial charge in [0.1, 0.15) is 11.3 Å². The van der Waals surface area contributed by atoms with Crippen molar-refractivity contribution < 1.29 is 8.78 Å². The number of anilines is 1. The lowest BCUT2D eigenvalue weighted by atomic mass is 9.94. The maximum absolute atomic E-state index is 13.0. The van der Waals surface area contributed by atoms with E-state index in [0.29, 0.717) is 40.6 Å². The molecule has 1 saturated heterocycles. The number of pyridine rings is 1. The molecule has 10 heteroatoms. The summed E-state index contributed by atoms with van der Waals surface area (Å²) < 4.78 is 29.3. The number of imidazole rings is 1. The van der Waals surface area contributed by atoms with E-state index >= 15 is 0 Å². The van der Waals surface area contributed by atoms with E-state index in [9.17, 15) is 8.78 Å². The highest BCUT2D eigenvalue weighted by molar-refractivity contribution is 5.82. The SMILES string of the molecule is Cc1nc2ccc(-c3ccn4nc(NC5CCN(C)C[C@@H]5C)ncc34)nc2n1CC(F)F. The first kappa shape index (κ1) is 20.7. The van der Waals surface area contributed by atoms with E-state index in [2.05, 4.69) is 44.2 Å². The molecule has 1 N–H and O–H groups in total. The van der Waals surface area contributed by atoms with Crippen molar-refractivity contribution in [3.63, 3.8) is 0 Å². The zero-order chi connectivity index (χ0) is 22.4. The summed E-state index contributed by atoms with van der Waals surface area (Å²) in [7, 11) is 2.14. The van der Waals surface area contributed by atoms with E-state index in [1.54, 1.807) is 17.6 Å². The van der Waals surface area contributed by atoms with Crippen LogP contribution in [0.15, 0.2) is 30.6 Å². The number of halogens is 2. The number of nitrogens with zero attached hydrogens (tertiary/aromatic N) is 7. The molecular weight excluding hydrogens is 414 g/mol. The van der Waals surface area contributed by atoms with E-state index < -0.39 is 13.0 Å². The molecule has 168 valence electrons. The minimum absolute atomic E-state index is 0.334. The topological polar surface area (TPSA) is 76.2 Å². The number of hydrogen-bond donors (Lipinski definition) is 1. The smallest absolute Gasteiger partial charge is 0.256 e. The Morgan fingerprint density at radius 1 is 1.22 bits per heavy atom. The molecule has 32 heavy (non-hydrogen) atoms. The maximum atomic E-state index is 13.0. The van der Waals surface area contributed by atoms with Crippen LogP contribution in [0.5, 0.6) is 0 Å². The predicted molar refractivity (Wildman–Crippen MR) is 119 cm³/mol. The summed E-state index contributed by atoms with van der Waals surface area (Å²) in [5.41, 5.74) is 3.37. The van der Waals surface area contributed by atoms with Crippen LogP contribution in [0.3, 0.4) is 0 Å². The second-order valence-corrected chi connectivity index (χ2v) is 8.62. The monoisotopic (exact) mass is 440 g/mol. The third-order valence-electron chi connectivity index (χ3n) is 6.22. The van der Waals surface area contributed by atoms with Crippen LogP contribution in [-0.4, -0.2) is 66.6 Å². The molecule has 0 spiro atoms. The van der Waals surface area contributed by atoms with Crippen molar-refractivity contribution in [2.45, 2.75) is 39.3 Å². The highest BCUT2D eigenvalue weighted by atomic mass is 19.3. The summed E-state index contributed by atoms with van der Waals surface area (Å²) in [5, 5.41) is 8.11. The Morgan fingerprint density at radius 2 is 2.06 bits per heavy atom. The average molecular weight is 441 g/mol. The Hall–Kier alpha value is -3.14. The molecule has 4 aromatic rings. The van der Waals surface area contributed by atoms with Crippen molar-refractivity contribution in [3.8, 4) is 11.3 Å². The number of likely N-dealkylation sites (tertiary alicyclic amines) is 1. The van der Waals surface area contributed by atoms with E-state index in [-0.39, 0.29) is 0 Å². The minimum atomic E-state index is -2.47. The van der Waals surface area contributed by atoms with Gasteiger partial charge in [0.2, 0.25) is 5.95 Å². The molecule has 5 rings (SSSR count). The molecule has 1 aliphatic rings. The van der Waals surface area contributed by atoms with Crippen molar-refractivity contribution in [2.75, 3.05) is 25.5 Å². The summed E-state index contributed by atoms with van der Waals surface area (Å²) in [4.78, 5) is 15.9. The molecule has 1 aliphatic heterocycles. The van der Waals surface area contributed by atoms with Gasteiger partial charge in [-0.25, -0.2) is 28.2 Å². The van der Waals surface area contributed by atoms with Crippen LogP contribution in [0, 0.1) is 12.8 Å². The zero-order valence-corrected chi connectivity index (χ0v) is 18.3. The van der Waals surface area contributed by atoms with Gasteiger partial charge in [-0.1, -0.05) is 6.92 Å². The van der Waals surface area contributed by atoms with E-state index in [1.807, 2.05) is 24.4 Å². The number of rotatable bonds is 5. The van der Waals surface area contributed by atoms with Crippen LogP contribution in [0.1, 0.15) is 19.2 Å². The molecule has 0 aromatic carbocycles. The van der Waals surface area contributed by atoms with Crippen molar-refractivity contribution in [1.82, 2.24) is 34.0 Å². The first-order valence-electron chi connectivity index (χ1n) is 10.8. The average Bonchev–Trinajstić information content (AvgIpc) is 3.30. The van der Waals surface area contributed by atoms with Crippen molar-refractivity contribution in [3.05, 3.63) is 36.4 Å². The number of hydrogen-bond acceptors (Lipinski definition) is 6. The number of aromatic nitrogens is 6. The van der Waals surface area contributed by atoms with E-state index in [0.717, 1.165) is 30.6 Å². The molecule has 8 nitrogen and oxygen atoms in total. The third-order valence-corrected chi connectivity index (χ3v) is 6.22. The van der Waals surface area contributed by atoms with Gasteiger partial charge < -0.3 is 14.8 Å². The molecule has 1 unspecified atom stereocenters. The lowest BCUT2D eigenvalue weighted by molar-refractivity contribution is 0.127. The number of alkyl halides is 2. The molecule has 5 heterocycles. The fraction of sp³-hybridized carbons (Fsp3) is 0.455. The largest absolute Gasteiger partial charge is 0.350 e. The Balaban J connectivity index is 1.45. The van der Waals surface area contributed by atoms with Crippen LogP contribution in [-0.2, 0) is 6.54 Å². The number of piperidine rings is 1. The molecule has 0 saturated carbocycles.